The molecule has 172 valence electrons. The van der Waals surface area contributed by atoms with E-state index in [-0.39, 0.29) is 55.0 Å². The number of nitrogens with one attached hydrogen (secondary N) is 1. The molecule has 4 bridgehead atoms. The third-order valence-electron chi connectivity index (χ3n) is 4.86. The summed E-state index contributed by atoms with van der Waals surface area (Å²) >= 11 is 9.38. The molecule has 8 nitrogen and oxygen atoms in total. The monoisotopic (exact) mass is 556 g/mol. The number of esters is 1. The van der Waals surface area contributed by atoms with Crippen LogP contribution in [-0.2, 0) is 21.4 Å². The molecular formula is C21H15BrClFN2O6S. The first kappa shape index (κ1) is 23.3. The molecule has 1 aliphatic rings. The van der Waals surface area contributed by atoms with Gasteiger partial charge >= 0.3 is 5.97 Å². The van der Waals surface area contributed by atoms with Gasteiger partial charge in [-0.25, -0.2) is 22.6 Å². The second-order valence-electron chi connectivity index (χ2n) is 6.87. The average molecular weight is 558 g/mol. The molecule has 1 aromatic heterocycles. The van der Waals surface area contributed by atoms with Crippen LogP contribution in [0.15, 0.2) is 45.9 Å². The lowest BCUT2D eigenvalue weighted by Gasteiger charge is -2.16. The summed E-state index contributed by atoms with van der Waals surface area (Å²) in [5, 5.41) is -0.167. The van der Waals surface area contributed by atoms with Crippen LogP contribution < -0.4 is 14.2 Å². The first-order chi connectivity index (χ1) is 15.6. The second-order valence-corrected chi connectivity index (χ2v) is 9.78. The normalized spacial score (nSPS) is 14.5. The van der Waals surface area contributed by atoms with E-state index in [9.17, 15) is 17.6 Å². The summed E-state index contributed by atoms with van der Waals surface area (Å²) in [7, 11) is -1.63. The molecule has 0 radical (unpaired) electrons. The molecule has 33 heavy (non-hydrogen) atoms. The first-order valence-electron chi connectivity index (χ1n) is 9.24. The highest BCUT2D eigenvalue weighted by Gasteiger charge is 2.27. The van der Waals surface area contributed by atoms with Crippen molar-refractivity contribution in [3.63, 3.8) is 0 Å². The van der Waals surface area contributed by atoms with Gasteiger partial charge in [0.15, 0.2) is 5.75 Å². The number of fused-ring (bicyclic) bond motifs is 6. The molecule has 2 aromatic carbocycles. The number of pyridine rings is 1. The summed E-state index contributed by atoms with van der Waals surface area (Å²) in [5.74, 6) is -1.34. The van der Waals surface area contributed by atoms with Crippen molar-refractivity contribution in [2.24, 2.45) is 0 Å². The minimum atomic E-state index is -4.33. The van der Waals surface area contributed by atoms with E-state index in [1.54, 1.807) is 0 Å². The van der Waals surface area contributed by atoms with Crippen molar-refractivity contribution in [3.8, 4) is 22.8 Å². The van der Waals surface area contributed by atoms with Crippen molar-refractivity contribution in [2.75, 3.05) is 18.9 Å². The predicted octanol–water partition coefficient (Wildman–Crippen LogP) is 4.79. The SMILES string of the molecule is COc1cc2c(cn1)-c1cc(c(Cl)cc1F)NS(=O)(=O)c1cc(cc(Br)c1OC)C(=O)OC2. The number of sulfonamides is 1. The van der Waals surface area contributed by atoms with Crippen LogP contribution in [0.5, 0.6) is 11.6 Å². The number of benzene rings is 2. The number of hydrogen-bond acceptors (Lipinski definition) is 7. The lowest BCUT2D eigenvalue weighted by molar-refractivity contribution is 0.0472. The quantitative estimate of drug-likeness (QED) is 0.452. The maximum atomic E-state index is 14.9. The van der Waals surface area contributed by atoms with Gasteiger partial charge in [0.05, 0.1) is 35.0 Å². The summed E-state index contributed by atoms with van der Waals surface area (Å²) < 4.78 is 59.7. The highest BCUT2D eigenvalue weighted by atomic mass is 79.9. The van der Waals surface area contributed by atoms with Crippen molar-refractivity contribution in [3.05, 3.63) is 63.0 Å². The predicted molar refractivity (Wildman–Crippen MR) is 122 cm³/mol. The Morgan fingerprint density at radius 1 is 1.15 bits per heavy atom. The Kier molecular flexibility index (Phi) is 6.21. The molecule has 1 N–H and O–H groups in total. The number of anilines is 1. The molecule has 12 heteroatoms. The van der Waals surface area contributed by atoms with Crippen LogP contribution >= 0.6 is 27.5 Å². The number of nitrogens with zero attached hydrogens (tertiary/aromatic N) is 1. The molecule has 0 fully saturated rings. The maximum absolute atomic E-state index is 14.9. The van der Waals surface area contributed by atoms with Gasteiger partial charge in [-0.1, -0.05) is 11.6 Å². The molecule has 0 amide bonds. The molecule has 0 aliphatic carbocycles. The Morgan fingerprint density at radius 2 is 1.91 bits per heavy atom. The van der Waals surface area contributed by atoms with Gasteiger partial charge in [-0.15, -0.1) is 0 Å². The smallest absolute Gasteiger partial charge is 0.338 e. The Balaban J connectivity index is 2.01. The number of rotatable bonds is 2. The summed E-state index contributed by atoms with van der Waals surface area (Å²) in [4.78, 5) is 16.5. The molecule has 1 aliphatic heterocycles. The number of ether oxygens (including phenoxy) is 3. The molecule has 3 aromatic rings. The molecule has 0 saturated carbocycles. The summed E-state index contributed by atoms with van der Waals surface area (Å²) in [6.45, 7) is -0.260. The third-order valence-corrected chi connectivity index (χ3v) is 7.14. The van der Waals surface area contributed by atoms with E-state index in [2.05, 4.69) is 25.6 Å². The second kappa shape index (κ2) is 8.81. The molecule has 0 unspecified atom stereocenters. The van der Waals surface area contributed by atoms with Gasteiger partial charge < -0.3 is 14.2 Å². The minimum Gasteiger partial charge on any atom is -0.494 e. The third kappa shape index (κ3) is 4.35. The lowest BCUT2D eigenvalue weighted by atomic mass is 10.0. The topological polar surface area (TPSA) is 104 Å². The number of cyclic esters (lactones) is 1. The number of methoxy groups -OCH3 is 2. The molecule has 0 saturated heterocycles. The van der Waals surface area contributed by atoms with Crippen LogP contribution in [0.25, 0.3) is 11.1 Å². The van der Waals surface area contributed by atoms with E-state index in [4.69, 9.17) is 25.8 Å². The van der Waals surface area contributed by atoms with Crippen LogP contribution in [0.4, 0.5) is 10.1 Å². The van der Waals surface area contributed by atoms with E-state index in [1.807, 2.05) is 0 Å². The van der Waals surface area contributed by atoms with Gasteiger partial charge in [-0.05, 0) is 40.2 Å². The van der Waals surface area contributed by atoms with E-state index in [0.29, 0.717) is 5.56 Å². The number of halogens is 3. The van der Waals surface area contributed by atoms with Crippen molar-refractivity contribution >= 4 is 49.2 Å². The van der Waals surface area contributed by atoms with Crippen molar-refractivity contribution in [2.45, 2.75) is 11.5 Å². The van der Waals surface area contributed by atoms with E-state index in [0.717, 1.165) is 12.1 Å². The zero-order valence-corrected chi connectivity index (χ0v) is 20.3. The van der Waals surface area contributed by atoms with Crippen molar-refractivity contribution in [1.82, 2.24) is 4.98 Å². The van der Waals surface area contributed by atoms with E-state index < -0.39 is 21.8 Å². The number of carbonyl (C=O) groups is 1. The summed E-state index contributed by atoms with van der Waals surface area (Å²) in [6.07, 6.45) is 1.34. The van der Waals surface area contributed by atoms with Crippen molar-refractivity contribution in [1.29, 1.82) is 0 Å². The summed E-state index contributed by atoms with van der Waals surface area (Å²) in [5.41, 5.74) is 0.524. The van der Waals surface area contributed by atoms with Gasteiger partial charge in [0, 0.05) is 29.0 Å². The number of carbonyl (C=O) groups excluding carboxylic acids is 1. The fourth-order valence-corrected chi connectivity index (χ4v) is 5.59. The Bertz CT molecular complexity index is 1400. The summed E-state index contributed by atoms with van der Waals surface area (Å²) in [6, 6.07) is 6.22. The molecular weight excluding hydrogens is 543 g/mol. The van der Waals surface area contributed by atoms with Gasteiger partial charge in [0.25, 0.3) is 10.0 Å². The van der Waals surface area contributed by atoms with Crippen LogP contribution in [0.2, 0.25) is 5.02 Å². The van der Waals surface area contributed by atoms with E-state index >= 15 is 0 Å². The van der Waals surface area contributed by atoms with Crippen molar-refractivity contribution < 1.29 is 31.8 Å². The number of hydrogen-bond donors (Lipinski definition) is 1. The average Bonchev–Trinajstić information content (AvgIpc) is 2.78. The molecule has 2 heterocycles. The van der Waals surface area contributed by atoms with E-state index in [1.165, 1.54) is 38.6 Å². The van der Waals surface area contributed by atoms with Crippen LogP contribution in [-0.4, -0.2) is 33.6 Å². The molecule has 0 atom stereocenters. The van der Waals surface area contributed by atoms with Crippen LogP contribution in [0, 0.1) is 5.82 Å². The van der Waals surface area contributed by atoms with Crippen LogP contribution in [0.1, 0.15) is 15.9 Å². The molecule has 4 rings (SSSR count). The molecule has 0 spiro atoms. The highest BCUT2D eigenvalue weighted by molar-refractivity contribution is 9.10. The van der Waals surface area contributed by atoms with Gasteiger partial charge in [0.1, 0.15) is 17.3 Å². The lowest BCUT2D eigenvalue weighted by Crippen LogP contribution is -2.16. The Morgan fingerprint density at radius 3 is 2.61 bits per heavy atom. The first-order valence-corrected chi connectivity index (χ1v) is 11.9. The Hall–Kier alpha value is -2.89. The van der Waals surface area contributed by atoms with Gasteiger partial charge in [-0.2, -0.15) is 0 Å². The van der Waals surface area contributed by atoms with Gasteiger partial charge in [0.2, 0.25) is 5.88 Å². The van der Waals surface area contributed by atoms with Crippen LogP contribution in [0.3, 0.4) is 0 Å². The maximum Gasteiger partial charge on any atom is 0.338 e. The number of aromatic nitrogens is 1. The Labute approximate surface area is 201 Å². The largest absolute Gasteiger partial charge is 0.494 e. The van der Waals surface area contributed by atoms with Gasteiger partial charge in [-0.3, -0.25) is 4.72 Å². The zero-order valence-electron chi connectivity index (χ0n) is 17.1. The highest BCUT2D eigenvalue weighted by Crippen LogP contribution is 2.39. The minimum absolute atomic E-state index is 0.00240. The zero-order chi connectivity index (χ0) is 23.9. The fraction of sp³-hybridized carbons (Fsp3) is 0.143. The standard InChI is InChI=1S/C21H15BrClFN2O6S/c1-30-19-5-11-9-32-21(27)10-3-14(22)20(31-2)18(4-10)33(28,29)26-17-6-12(13(11)8-25-19)16(24)7-15(17)23/h3-8,26H,9H2,1-2H3. The fourth-order valence-electron chi connectivity index (χ4n) is 3.29.